The number of H-pyrrole nitrogens is 1. The van der Waals surface area contributed by atoms with E-state index in [0.29, 0.717) is 5.39 Å². The molecule has 0 fully saturated rings. The summed E-state index contributed by atoms with van der Waals surface area (Å²) >= 11 is 3.63. The molecule has 1 atom stereocenters. The molecule has 0 radical (unpaired) electrons. The third-order valence-corrected chi connectivity index (χ3v) is 5.86. The maximum atomic E-state index is 12.2. The smallest absolute Gasteiger partial charge is 0.191 e. The van der Waals surface area contributed by atoms with Crippen molar-refractivity contribution in [2.75, 3.05) is 37.4 Å². The number of methoxy groups -OCH3 is 1. The summed E-state index contributed by atoms with van der Waals surface area (Å²) in [6, 6.07) is 13.6. The molecule has 1 aliphatic rings. The van der Waals surface area contributed by atoms with Crippen LogP contribution < -0.4 is 26.1 Å². The van der Waals surface area contributed by atoms with Crippen molar-refractivity contribution in [2.45, 2.75) is 18.9 Å². The van der Waals surface area contributed by atoms with Crippen molar-refractivity contribution in [1.82, 2.24) is 10.3 Å². The topological polar surface area (TPSA) is 78.2 Å². The van der Waals surface area contributed by atoms with E-state index in [9.17, 15) is 4.79 Å². The summed E-state index contributed by atoms with van der Waals surface area (Å²) in [6.45, 7) is 2.59. The first-order valence-corrected chi connectivity index (χ1v) is 10.7. The van der Waals surface area contributed by atoms with Crippen molar-refractivity contribution >= 4 is 38.3 Å². The Bertz CT molecular complexity index is 1070. The van der Waals surface area contributed by atoms with E-state index in [1.807, 2.05) is 30.3 Å². The number of benzene rings is 2. The van der Waals surface area contributed by atoms with Crippen LogP contribution in [-0.4, -0.2) is 31.7 Å². The SMILES string of the molecule is COc1cc(Br)c2c(c1)C(NCCCNc1cc(=O)c3ccccc3[nH]1)CCN2. The van der Waals surface area contributed by atoms with E-state index in [0.717, 1.165) is 59.7 Å². The third kappa shape index (κ3) is 4.41. The molecule has 1 aliphatic heterocycles. The molecular formula is C22H25BrN4O2. The van der Waals surface area contributed by atoms with Gasteiger partial charge in [0.25, 0.3) is 0 Å². The second-order valence-electron chi connectivity index (χ2n) is 7.17. The molecule has 0 saturated carbocycles. The molecule has 1 unspecified atom stereocenters. The van der Waals surface area contributed by atoms with Crippen LogP contribution in [-0.2, 0) is 0 Å². The monoisotopic (exact) mass is 456 g/mol. The van der Waals surface area contributed by atoms with Crippen molar-refractivity contribution in [1.29, 1.82) is 0 Å². The number of aromatic nitrogens is 1. The first kappa shape index (κ1) is 19.8. The fourth-order valence-electron chi connectivity index (χ4n) is 3.77. The second-order valence-corrected chi connectivity index (χ2v) is 8.02. The number of para-hydroxylation sites is 1. The van der Waals surface area contributed by atoms with E-state index < -0.39 is 0 Å². The summed E-state index contributed by atoms with van der Waals surface area (Å²) in [5.41, 5.74) is 3.26. The van der Waals surface area contributed by atoms with Gasteiger partial charge in [-0.05, 0) is 65.1 Å². The van der Waals surface area contributed by atoms with Crippen LogP contribution in [0.3, 0.4) is 0 Å². The first-order chi connectivity index (χ1) is 14.2. The van der Waals surface area contributed by atoms with Crippen LogP contribution in [0.2, 0.25) is 0 Å². The Morgan fingerprint density at radius 1 is 1.21 bits per heavy atom. The Morgan fingerprint density at radius 3 is 2.93 bits per heavy atom. The number of pyridine rings is 1. The fraction of sp³-hybridized carbons (Fsp3) is 0.318. The lowest BCUT2D eigenvalue weighted by atomic mass is 9.97. The Labute approximate surface area is 178 Å². The molecule has 4 rings (SSSR count). The van der Waals surface area contributed by atoms with Gasteiger partial charge in [-0.25, -0.2) is 0 Å². The van der Waals surface area contributed by atoms with E-state index in [1.165, 1.54) is 5.56 Å². The van der Waals surface area contributed by atoms with Crippen molar-refractivity contribution in [3.63, 3.8) is 0 Å². The Morgan fingerprint density at radius 2 is 2.07 bits per heavy atom. The summed E-state index contributed by atoms with van der Waals surface area (Å²) in [6.07, 6.45) is 1.97. The van der Waals surface area contributed by atoms with Gasteiger partial charge in [-0.1, -0.05) is 12.1 Å². The van der Waals surface area contributed by atoms with Gasteiger partial charge in [0.05, 0.1) is 18.3 Å². The van der Waals surface area contributed by atoms with Gasteiger partial charge >= 0.3 is 0 Å². The van der Waals surface area contributed by atoms with Gasteiger partial charge in [-0.2, -0.15) is 0 Å². The number of ether oxygens (including phenoxy) is 1. The molecule has 1 aromatic heterocycles. The summed E-state index contributed by atoms with van der Waals surface area (Å²) in [5.74, 6) is 1.61. The highest BCUT2D eigenvalue weighted by atomic mass is 79.9. The van der Waals surface area contributed by atoms with Crippen LogP contribution in [0.5, 0.6) is 5.75 Å². The maximum absolute atomic E-state index is 12.2. The molecule has 0 spiro atoms. The van der Waals surface area contributed by atoms with E-state index in [4.69, 9.17) is 4.74 Å². The minimum absolute atomic E-state index is 0.0332. The molecule has 29 heavy (non-hydrogen) atoms. The lowest BCUT2D eigenvalue weighted by Crippen LogP contribution is -2.30. The van der Waals surface area contributed by atoms with E-state index >= 15 is 0 Å². The zero-order valence-corrected chi connectivity index (χ0v) is 17.9. The third-order valence-electron chi connectivity index (χ3n) is 5.24. The lowest BCUT2D eigenvalue weighted by molar-refractivity contribution is 0.411. The normalized spacial score (nSPS) is 15.6. The summed E-state index contributed by atoms with van der Waals surface area (Å²) in [4.78, 5) is 15.5. The number of aromatic amines is 1. The number of hydrogen-bond donors (Lipinski definition) is 4. The molecule has 4 N–H and O–H groups in total. The van der Waals surface area contributed by atoms with E-state index in [1.54, 1.807) is 13.2 Å². The van der Waals surface area contributed by atoms with Crippen molar-refractivity contribution in [3.05, 3.63) is 62.7 Å². The fourth-order valence-corrected chi connectivity index (χ4v) is 4.36. The summed E-state index contributed by atoms with van der Waals surface area (Å²) in [7, 11) is 1.69. The van der Waals surface area contributed by atoms with Crippen molar-refractivity contribution < 1.29 is 4.74 Å². The maximum Gasteiger partial charge on any atom is 0.191 e. The minimum Gasteiger partial charge on any atom is -0.497 e. The number of hydrogen-bond acceptors (Lipinski definition) is 5. The largest absolute Gasteiger partial charge is 0.497 e. The highest BCUT2D eigenvalue weighted by Crippen LogP contribution is 2.38. The lowest BCUT2D eigenvalue weighted by Gasteiger charge is -2.29. The van der Waals surface area contributed by atoms with Gasteiger partial charge in [-0.3, -0.25) is 4.79 Å². The Balaban J connectivity index is 1.33. The highest BCUT2D eigenvalue weighted by molar-refractivity contribution is 9.10. The van der Waals surface area contributed by atoms with Crippen LogP contribution >= 0.6 is 15.9 Å². The number of fused-ring (bicyclic) bond motifs is 2. The van der Waals surface area contributed by atoms with Gasteiger partial charge in [0.1, 0.15) is 11.6 Å². The molecule has 0 amide bonds. The predicted octanol–water partition coefficient (Wildman–Crippen LogP) is 4.25. The molecular weight excluding hydrogens is 432 g/mol. The van der Waals surface area contributed by atoms with Gasteiger partial charge in [0, 0.05) is 35.1 Å². The minimum atomic E-state index is 0.0332. The van der Waals surface area contributed by atoms with Gasteiger partial charge in [0.2, 0.25) is 0 Å². The molecule has 2 heterocycles. The molecule has 2 aromatic carbocycles. The Kier molecular flexibility index (Phi) is 6.06. The average Bonchev–Trinajstić information content (AvgIpc) is 2.73. The molecule has 0 aliphatic carbocycles. The Hall–Kier alpha value is -2.51. The summed E-state index contributed by atoms with van der Waals surface area (Å²) < 4.78 is 6.45. The van der Waals surface area contributed by atoms with Crippen LogP contribution in [0.15, 0.2) is 51.7 Å². The molecule has 152 valence electrons. The van der Waals surface area contributed by atoms with E-state index in [-0.39, 0.29) is 11.5 Å². The second kappa shape index (κ2) is 8.88. The van der Waals surface area contributed by atoms with Gasteiger partial charge in [0.15, 0.2) is 5.43 Å². The van der Waals surface area contributed by atoms with Crippen molar-refractivity contribution in [2.24, 2.45) is 0 Å². The quantitative estimate of drug-likeness (QED) is 0.399. The first-order valence-electron chi connectivity index (χ1n) is 9.86. The number of rotatable bonds is 7. The predicted molar refractivity (Wildman–Crippen MR) is 122 cm³/mol. The van der Waals surface area contributed by atoms with Crippen LogP contribution in [0.25, 0.3) is 10.9 Å². The molecule has 3 aromatic rings. The highest BCUT2D eigenvalue weighted by Gasteiger charge is 2.22. The summed E-state index contributed by atoms with van der Waals surface area (Å²) in [5, 5.41) is 11.2. The molecule has 7 heteroatoms. The van der Waals surface area contributed by atoms with Crippen LogP contribution in [0, 0.1) is 0 Å². The van der Waals surface area contributed by atoms with Crippen LogP contribution in [0.1, 0.15) is 24.4 Å². The van der Waals surface area contributed by atoms with Crippen LogP contribution in [0.4, 0.5) is 11.5 Å². The number of halogens is 1. The van der Waals surface area contributed by atoms with E-state index in [2.05, 4.69) is 42.9 Å². The number of anilines is 2. The zero-order valence-electron chi connectivity index (χ0n) is 16.3. The molecule has 6 nitrogen and oxygen atoms in total. The van der Waals surface area contributed by atoms with Gasteiger partial charge < -0.3 is 25.7 Å². The molecule has 0 bridgehead atoms. The van der Waals surface area contributed by atoms with Gasteiger partial charge in [-0.15, -0.1) is 0 Å². The van der Waals surface area contributed by atoms with Crippen molar-refractivity contribution in [3.8, 4) is 5.75 Å². The average molecular weight is 457 g/mol. The standard InChI is InChI=1S/C22H25BrN4O2/c1-29-14-11-16-18(7-10-26-22(16)17(23)12-14)24-8-4-9-25-21-13-20(28)15-5-2-3-6-19(15)27-21/h2-3,5-6,11-13,18,24,26H,4,7-10H2,1H3,(H2,25,27,28). The zero-order chi connectivity index (χ0) is 20.2. The number of nitrogens with one attached hydrogen (secondary N) is 4. The molecule has 0 saturated heterocycles.